The molecule has 0 spiro atoms. The van der Waals surface area contributed by atoms with Crippen molar-refractivity contribution in [1.82, 2.24) is 9.80 Å². The van der Waals surface area contributed by atoms with Crippen molar-refractivity contribution in [3.63, 3.8) is 0 Å². The van der Waals surface area contributed by atoms with Crippen molar-refractivity contribution in [3.8, 4) is 11.5 Å². The second-order valence-corrected chi connectivity index (χ2v) is 8.63. The van der Waals surface area contributed by atoms with E-state index in [2.05, 4.69) is 47.9 Å². The maximum Gasteiger partial charge on any atom is 0.124 e. The lowest BCUT2D eigenvalue weighted by atomic mass is 10.00. The van der Waals surface area contributed by atoms with Gasteiger partial charge in [0, 0.05) is 58.0 Å². The highest BCUT2D eigenvalue weighted by atomic mass is 16.5. The maximum atomic E-state index is 9.71. The zero-order valence-electron chi connectivity index (χ0n) is 20.2. The number of ether oxygens (including phenoxy) is 3. The van der Waals surface area contributed by atoms with Crippen molar-refractivity contribution in [1.29, 1.82) is 0 Å². The number of hydrogen-bond acceptors (Lipinski definition) is 6. The molecule has 6 nitrogen and oxygen atoms in total. The van der Waals surface area contributed by atoms with E-state index < -0.39 is 0 Å². The highest BCUT2D eigenvalue weighted by Gasteiger charge is 2.27. The molecule has 3 rings (SSSR count). The van der Waals surface area contributed by atoms with E-state index in [1.165, 1.54) is 22.3 Å². The van der Waals surface area contributed by atoms with Gasteiger partial charge in [-0.1, -0.05) is 12.1 Å². The predicted molar refractivity (Wildman–Crippen MR) is 127 cm³/mol. The van der Waals surface area contributed by atoms with E-state index in [1.54, 1.807) is 21.3 Å². The fourth-order valence-corrected chi connectivity index (χ4v) is 4.65. The molecule has 32 heavy (non-hydrogen) atoms. The third-order valence-corrected chi connectivity index (χ3v) is 6.64. The molecule has 0 bridgehead atoms. The summed E-state index contributed by atoms with van der Waals surface area (Å²) < 4.78 is 16.3. The van der Waals surface area contributed by atoms with Crippen LogP contribution in [0.5, 0.6) is 11.5 Å². The third kappa shape index (κ3) is 5.81. The maximum absolute atomic E-state index is 9.71. The lowest BCUT2D eigenvalue weighted by Crippen LogP contribution is -2.52. The number of piperazine rings is 1. The molecular weight excluding hydrogens is 404 g/mol. The summed E-state index contributed by atoms with van der Waals surface area (Å²) in [6.45, 7) is 9.75. The number of hydrogen-bond donors (Lipinski definition) is 1. The van der Waals surface area contributed by atoms with Crippen LogP contribution in [-0.2, 0) is 24.4 Å². The van der Waals surface area contributed by atoms with Gasteiger partial charge in [0.2, 0.25) is 0 Å². The molecule has 1 N–H and O–H groups in total. The minimum atomic E-state index is 0.205. The van der Waals surface area contributed by atoms with E-state index in [9.17, 15) is 5.11 Å². The molecule has 1 aliphatic heterocycles. The Kier molecular flexibility index (Phi) is 8.93. The van der Waals surface area contributed by atoms with Gasteiger partial charge in [0.25, 0.3) is 0 Å². The lowest BCUT2D eigenvalue weighted by Gasteiger charge is -2.42. The molecule has 6 heteroatoms. The quantitative estimate of drug-likeness (QED) is 0.608. The first kappa shape index (κ1) is 24.5. The summed E-state index contributed by atoms with van der Waals surface area (Å²) in [5.74, 6) is 1.80. The van der Waals surface area contributed by atoms with Crippen LogP contribution in [0.15, 0.2) is 30.3 Å². The Bertz CT molecular complexity index is 886. The summed E-state index contributed by atoms with van der Waals surface area (Å²) in [6, 6.07) is 10.9. The van der Waals surface area contributed by atoms with Crippen LogP contribution in [0.4, 0.5) is 0 Å². The Morgan fingerprint density at radius 3 is 2.34 bits per heavy atom. The summed E-state index contributed by atoms with van der Waals surface area (Å²) in [7, 11) is 5.12. The molecule has 0 aliphatic carbocycles. The van der Waals surface area contributed by atoms with Gasteiger partial charge in [-0.05, 0) is 60.7 Å². The Hall–Kier alpha value is -2.12. The number of nitrogens with zero attached hydrogens (tertiary/aromatic N) is 2. The van der Waals surface area contributed by atoms with Crippen LogP contribution in [0.25, 0.3) is 0 Å². The Balaban J connectivity index is 1.69. The Morgan fingerprint density at radius 1 is 0.906 bits per heavy atom. The van der Waals surface area contributed by atoms with Gasteiger partial charge >= 0.3 is 0 Å². The molecule has 2 aromatic carbocycles. The molecule has 0 aromatic heterocycles. The Morgan fingerprint density at radius 2 is 1.66 bits per heavy atom. The van der Waals surface area contributed by atoms with E-state index in [1.807, 2.05) is 6.07 Å². The highest BCUT2D eigenvalue weighted by Crippen LogP contribution is 2.27. The summed E-state index contributed by atoms with van der Waals surface area (Å²) in [5, 5.41) is 9.71. The SMILES string of the molecule is COCc1cc(CN2CCN(Cc3ccc(OC)c(C)c3C)C(CCO)C2)ccc1OC. The van der Waals surface area contributed by atoms with E-state index in [4.69, 9.17) is 14.2 Å². The fraction of sp³-hybridized carbons (Fsp3) is 0.538. The molecule has 1 unspecified atom stereocenters. The van der Waals surface area contributed by atoms with Gasteiger partial charge in [-0.2, -0.15) is 0 Å². The standard InChI is InChI=1S/C26H38N2O4/c1-19-20(2)25(31-4)9-7-22(19)16-28-12-11-27(17-24(28)10-13-29)15-21-6-8-26(32-5)23(14-21)18-30-3/h6-9,14,24,29H,10-13,15-18H2,1-5H3. The van der Waals surface area contributed by atoms with Crippen molar-refractivity contribution in [2.24, 2.45) is 0 Å². The largest absolute Gasteiger partial charge is 0.496 e. The van der Waals surface area contributed by atoms with Crippen LogP contribution < -0.4 is 9.47 Å². The second-order valence-electron chi connectivity index (χ2n) is 8.63. The molecule has 1 aliphatic rings. The van der Waals surface area contributed by atoms with Crippen LogP contribution in [0.3, 0.4) is 0 Å². The molecular formula is C26H38N2O4. The summed E-state index contributed by atoms with van der Waals surface area (Å²) in [4.78, 5) is 5.01. The van der Waals surface area contributed by atoms with Crippen molar-refractivity contribution in [2.45, 2.75) is 46.0 Å². The first-order valence-corrected chi connectivity index (χ1v) is 11.4. The summed E-state index contributed by atoms with van der Waals surface area (Å²) in [6.07, 6.45) is 0.780. The molecule has 0 amide bonds. The first-order valence-electron chi connectivity index (χ1n) is 11.4. The van der Waals surface area contributed by atoms with E-state index >= 15 is 0 Å². The highest BCUT2D eigenvalue weighted by molar-refractivity contribution is 5.43. The monoisotopic (exact) mass is 442 g/mol. The van der Waals surface area contributed by atoms with Gasteiger partial charge in [-0.3, -0.25) is 9.80 Å². The van der Waals surface area contributed by atoms with Crippen LogP contribution in [-0.4, -0.2) is 68.5 Å². The number of aliphatic hydroxyl groups is 1. The fourth-order valence-electron chi connectivity index (χ4n) is 4.65. The zero-order chi connectivity index (χ0) is 23.1. The molecule has 1 saturated heterocycles. The van der Waals surface area contributed by atoms with Gasteiger partial charge < -0.3 is 19.3 Å². The molecule has 1 fully saturated rings. The van der Waals surface area contributed by atoms with Crippen molar-refractivity contribution in [3.05, 3.63) is 58.1 Å². The van der Waals surface area contributed by atoms with Crippen LogP contribution in [0, 0.1) is 13.8 Å². The lowest BCUT2D eigenvalue weighted by molar-refractivity contribution is 0.0498. The van der Waals surface area contributed by atoms with Crippen LogP contribution in [0.2, 0.25) is 0 Å². The first-order chi connectivity index (χ1) is 15.5. The van der Waals surface area contributed by atoms with Gasteiger partial charge in [0.1, 0.15) is 11.5 Å². The van der Waals surface area contributed by atoms with Crippen molar-refractivity contribution < 1.29 is 19.3 Å². The molecule has 176 valence electrons. The van der Waals surface area contributed by atoms with E-state index in [0.717, 1.165) is 56.2 Å². The summed E-state index contributed by atoms with van der Waals surface area (Å²) in [5.41, 5.74) is 6.16. The number of methoxy groups -OCH3 is 3. The Labute approximate surface area is 192 Å². The smallest absolute Gasteiger partial charge is 0.124 e. The minimum Gasteiger partial charge on any atom is -0.496 e. The number of aliphatic hydroxyl groups excluding tert-OH is 1. The van der Waals surface area contributed by atoms with Gasteiger partial charge in [0.05, 0.1) is 20.8 Å². The van der Waals surface area contributed by atoms with Crippen LogP contribution >= 0.6 is 0 Å². The van der Waals surface area contributed by atoms with E-state index in [-0.39, 0.29) is 6.61 Å². The topological polar surface area (TPSA) is 54.4 Å². The summed E-state index contributed by atoms with van der Waals surface area (Å²) >= 11 is 0. The molecule has 1 heterocycles. The minimum absolute atomic E-state index is 0.205. The van der Waals surface area contributed by atoms with Gasteiger partial charge in [-0.15, -0.1) is 0 Å². The average Bonchev–Trinajstić information content (AvgIpc) is 2.79. The van der Waals surface area contributed by atoms with E-state index in [0.29, 0.717) is 12.6 Å². The van der Waals surface area contributed by atoms with Crippen LogP contribution in [0.1, 0.15) is 34.2 Å². The normalized spacial score (nSPS) is 17.5. The zero-order valence-corrected chi connectivity index (χ0v) is 20.2. The van der Waals surface area contributed by atoms with Crippen molar-refractivity contribution in [2.75, 3.05) is 47.6 Å². The molecule has 0 radical (unpaired) electrons. The third-order valence-electron chi connectivity index (χ3n) is 6.64. The van der Waals surface area contributed by atoms with Crippen molar-refractivity contribution >= 4 is 0 Å². The molecule has 0 saturated carbocycles. The average molecular weight is 443 g/mol. The number of rotatable bonds is 10. The molecule has 1 atom stereocenters. The van der Waals surface area contributed by atoms with Gasteiger partial charge in [-0.25, -0.2) is 0 Å². The molecule has 2 aromatic rings. The predicted octanol–water partition coefficient (Wildman–Crippen LogP) is 3.54. The van der Waals surface area contributed by atoms with Gasteiger partial charge in [0.15, 0.2) is 0 Å². The number of benzene rings is 2. The second kappa shape index (κ2) is 11.7.